The van der Waals surface area contributed by atoms with Gasteiger partial charge in [0.1, 0.15) is 29.1 Å². The molecule has 0 aliphatic carbocycles. The van der Waals surface area contributed by atoms with Crippen LogP contribution < -0.4 is 5.32 Å². The van der Waals surface area contributed by atoms with Gasteiger partial charge in [0, 0.05) is 11.9 Å². The number of hydrogen-bond donors (Lipinski definition) is 1. The molecular weight excluding hydrogens is 273 g/mol. The lowest BCUT2D eigenvalue weighted by atomic mass is 10.1. The fraction of sp³-hybridized carbons (Fsp3) is 0.267. The Morgan fingerprint density at radius 2 is 1.95 bits per heavy atom. The third kappa shape index (κ3) is 4.96. The average Bonchev–Trinajstić information content (AvgIpc) is 2.37. The monoisotopic (exact) mass is 287 g/mol. The Balaban J connectivity index is 2.92. The molecule has 0 saturated carbocycles. The molecule has 1 N–H and O–H groups in total. The molecule has 0 bridgehead atoms. The maximum atomic E-state index is 13.9. The molecule has 0 aliphatic rings. The minimum absolute atomic E-state index is 0.147. The maximum absolute atomic E-state index is 13.9. The molecule has 0 heterocycles. The second kappa shape index (κ2) is 6.53. The number of carbonyl (C=O) groups is 1. The number of nitrogens with one attached hydrogen (secondary N) is 1. The van der Waals surface area contributed by atoms with Gasteiger partial charge in [-0.2, -0.15) is 10.5 Å². The van der Waals surface area contributed by atoms with Gasteiger partial charge in [-0.25, -0.2) is 9.18 Å². The van der Waals surface area contributed by atoms with Crippen LogP contribution >= 0.6 is 0 Å². The van der Waals surface area contributed by atoms with Gasteiger partial charge in [-0.1, -0.05) is 0 Å². The lowest BCUT2D eigenvalue weighted by molar-refractivity contribution is 0.00648. The number of hydrogen-bond acceptors (Lipinski definition) is 5. The maximum Gasteiger partial charge on any atom is 0.341 e. The van der Waals surface area contributed by atoms with E-state index >= 15 is 0 Å². The molecule has 0 fully saturated rings. The Morgan fingerprint density at radius 3 is 2.43 bits per heavy atom. The predicted octanol–water partition coefficient (Wildman–Crippen LogP) is 3.12. The fourth-order valence-corrected chi connectivity index (χ4v) is 1.35. The molecule has 5 nitrogen and oxygen atoms in total. The molecule has 0 saturated heterocycles. The van der Waals surface area contributed by atoms with Crippen molar-refractivity contribution in [3.05, 3.63) is 41.4 Å². The largest absolute Gasteiger partial charge is 0.456 e. The number of carbonyl (C=O) groups excluding carboxylic acids is 1. The molecule has 0 spiro atoms. The van der Waals surface area contributed by atoms with E-state index in [2.05, 4.69) is 5.32 Å². The smallest absolute Gasteiger partial charge is 0.341 e. The minimum atomic E-state index is -0.753. The van der Waals surface area contributed by atoms with Gasteiger partial charge in [0.2, 0.25) is 0 Å². The first-order valence-electron chi connectivity index (χ1n) is 6.06. The molecular formula is C15H14FN3O2. The molecule has 108 valence electrons. The molecule has 0 aromatic heterocycles. The number of halogens is 1. The third-order valence-corrected chi connectivity index (χ3v) is 2.21. The zero-order valence-electron chi connectivity index (χ0n) is 11.9. The topological polar surface area (TPSA) is 85.9 Å². The highest BCUT2D eigenvalue weighted by atomic mass is 19.1. The zero-order chi connectivity index (χ0) is 16.0. The Bertz CT molecular complexity index is 645. The minimum Gasteiger partial charge on any atom is -0.456 e. The fourth-order valence-electron chi connectivity index (χ4n) is 1.35. The van der Waals surface area contributed by atoms with Crippen molar-refractivity contribution in [3.63, 3.8) is 0 Å². The van der Waals surface area contributed by atoms with Crippen molar-refractivity contribution in [2.24, 2.45) is 0 Å². The lowest BCUT2D eigenvalue weighted by Crippen LogP contribution is -2.24. The Kier molecular flexibility index (Phi) is 5.04. The molecule has 0 unspecified atom stereocenters. The number of allylic oxidation sites excluding steroid dienone is 1. The van der Waals surface area contributed by atoms with Crippen molar-refractivity contribution in [2.45, 2.75) is 26.4 Å². The van der Waals surface area contributed by atoms with Crippen LogP contribution in [0, 0.1) is 28.5 Å². The van der Waals surface area contributed by atoms with Crippen molar-refractivity contribution in [1.29, 1.82) is 10.5 Å². The number of esters is 1. The van der Waals surface area contributed by atoms with E-state index in [4.69, 9.17) is 15.3 Å². The summed E-state index contributed by atoms with van der Waals surface area (Å²) < 4.78 is 19.0. The first-order valence-corrected chi connectivity index (χ1v) is 6.06. The average molecular weight is 287 g/mol. The second-order valence-electron chi connectivity index (χ2n) is 5.12. The Hall–Kier alpha value is -2.86. The van der Waals surface area contributed by atoms with E-state index in [9.17, 15) is 9.18 Å². The Labute approximate surface area is 122 Å². The van der Waals surface area contributed by atoms with Gasteiger partial charge in [0.25, 0.3) is 0 Å². The standard InChI is InChI=1S/C15H14FN3O2/c1-15(2,3)21-14(20)12-5-4-11(6-13(12)16)19-9-10(7-17)8-18/h4-6,9,19H,1-3H3. The molecule has 6 heteroatoms. The van der Waals surface area contributed by atoms with Crippen LogP contribution in [0.25, 0.3) is 0 Å². The van der Waals surface area contributed by atoms with Crippen molar-refractivity contribution in [3.8, 4) is 12.1 Å². The zero-order valence-corrected chi connectivity index (χ0v) is 11.9. The summed E-state index contributed by atoms with van der Waals surface area (Å²) in [4.78, 5) is 11.8. The van der Waals surface area contributed by atoms with Crippen LogP contribution in [-0.2, 0) is 4.74 Å². The molecule has 21 heavy (non-hydrogen) atoms. The number of anilines is 1. The molecule has 1 aromatic carbocycles. The van der Waals surface area contributed by atoms with Gasteiger partial charge in [-0.15, -0.1) is 0 Å². The van der Waals surface area contributed by atoms with Crippen LogP contribution in [-0.4, -0.2) is 11.6 Å². The van der Waals surface area contributed by atoms with Crippen LogP contribution in [0.15, 0.2) is 30.0 Å². The molecule has 0 amide bonds. The van der Waals surface area contributed by atoms with Crippen molar-refractivity contribution in [2.75, 3.05) is 5.32 Å². The number of nitrogens with zero attached hydrogens (tertiary/aromatic N) is 2. The number of rotatable bonds is 3. The summed E-state index contributed by atoms with van der Waals surface area (Å²) in [5, 5.41) is 19.7. The molecule has 0 aliphatic heterocycles. The lowest BCUT2D eigenvalue weighted by Gasteiger charge is -2.19. The van der Waals surface area contributed by atoms with Gasteiger partial charge < -0.3 is 10.1 Å². The molecule has 1 aromatic rings. The number of ether oxygens (including phenoxy) is 1. The SMILES string of the molecule is CC(C)(C)OC(=O)c1ccc(NC=C(C#N)C#N)cc1F. The Morgan fingerprint density at radius 1 is 1.33 bits per heavy atom. The normalized spacial score (nSPS) is 10.0. The van der Waals surface area contributed by atoms with Gasteiger partial charge in [0.15, 0.2) is 0 Å². The first kappa shape index (κ1) is 16.2. The highest BCUT2D eigenvalue weighted by Crippen LogP contribution is 2.18. The van der Waals surface area contributed by atoms with E-state index in [1.807, 2.05) is 0 Å². The molecule has 0 atom stereocenters. The number of benzene rings is 1. The van der Waals surface area contributed by atoms with E-state index in [0.717, 1.165) is 12.3 Å². The highest BCUT2D eigenvalue weighted by Gasteiger charge is 2.20. The predicted molar refractivity (Wildman–Crippen MR) is 74.5 cm³/mol. The van der Waals surface area contributed by atoms with Crippen molar-refractivity contribution < 1.29 is 13.9 Å². The van der Waals surface area contributed by atoms with Crippen LogP contribution in [0.4, 0.5) is 10.1 Å². The van der Waals surface area contributed by atoms with E-state index in [-0.39, 0.29) is 11.1 Å². The third-order valence-electron chi connectivity index (χ3n) is 2.21. The second-order valence-corrected chi connectivity index (χ2v) is 5.12. The van der Waals surface area contributed by atoms with Crippen LogP contribution in [0.5, 0.6) is 0 Å². The summed E-state index contributed by atoms with van der Waals surface area (Å²) in [6.45, 7) is 5.07. The van der Waals surface area contributed by atoms with E-state index in [1.165, 1.54) is 12.1 Å². The van der Waals surface area contributed by atoms with E-state index in [0.29, 0.717) is 5.69 Å². The van der Waals surface area contributed by atoms with Crippen LogP contribution in [0.1, 0.15) is 31.1 Å². The quantitative estimate of drug-likeness (QED) is 0.681. The van der Waals surface area contributed by atoms with E-state index < -0.39 is 17.4 Å². The van der Waals surface area contributed by atoms with Crippen LogP contribution in [0.2, 0.25) is 0 Å². The molecule has 0 radical (unpaired) electrons. The van der Waals surface area contributed by atoms with Gasteiger partial charge in [-0.05, 0) is 39.0 Å². The first-order chi connectivity index (χ1) is 9.76. The summed E-state index contributed by atoms with van der Waals surface area (Å²) in [6, 6.07) is 7.13. The van der Waals surface area contributed by atoms with E-state index in [1.54, 1.807) is 32.9 Å². The summed E-state index contributed by atoms with van der Waals surface area (Å²) in [5.41, 5.74) is -0.729. The van der Waals surface area contributed by atoms with Crippen molar-refractivity contribution >= 4 is 11.7 Å². The number of nitriles is 2. The van der Waals surface area contributed by atoms with Gasteiger partial charge >= 0.3 is 5.97 Å². The highest BCUT2D eigenvalue weighted by molar-refractivity contribution is 5.90. The summed E-state index contributed by atoms with van der Waals surface area (Å²) >= 11 is 0. The van der Waals surface area contributed by atoms with Gasteiger partial charge in [-0.3, -0.25) is 0 Å². The van der Waals surface area contributed by atoms with Crippen LogP contribution in [0.3, 0.4) is 0 Å². The summed E-state index contributed by atoms with van der Waals surface area (Å²) in [7, 11) is 0. The summed E-state index contributed by atoms with van der Waals surface area (Å²) in [5.74, 6) is -1.50. The van der Waals surface area contributed by atoms with Gasteiger partial charge in [0.05, 0.1) is 5.56 Å². The molecule has 1 rings (SSSR count). The summed E-state index contributed by atoms with van der Waals surface area (Å²) in [6.07, 6.45) is 1.15. The van der Waals surface area contributed by atoms with Crippen molar-refractivity contribution in [1.82, 2.24) is 0 Å².